The fraction of sp³-hybridized carbons (Fsp3) is 0.500. The van der Waals surface area contributed by atoms with E-state index in [1.54, 1.807) is 6.92 Å². The first-order valence-corrected chi connectivity index (χ1v) is 9.09. The van der Waals surface area contributed by atoms with Gasteiger partial charge in [-0.1, -0.05) is 11.6 Å². The molecule has 26 heavy (non-hydrogen) atoms. The van der Waals surface area contributed by atoms with Gasteiger partial charge < -0.3 is 15.1 Å². The highest BCUT2D eigenvalue weighted by atomic mass is 35.5. The van der Waals surface area contributed by atoms with Crippen LogP contribution >= 0.6 is 11.6 Å². The molecule has 0 saturated carbocycles. The zero-order valence-electron chi connectivity index (χ0n) is 15.0. The third-order valence-electron chi connectivity index (χ3n) is 5.10. The Kier molecular flexibility index (Phi) is 5.09. The summed E-state index contributed by atoms with van der Waals surface area (Å²) in [7, 11) is 0. The SMILES string of the molecule is Cc1cc(N2CCN(C(=O)CC[C@@]3(C)NC(=O)NC3=O)CC2)ccc1Cl. The van der Waals surface area contributed by atoms with Crippen LogP contribution in [0.3, 0.4) is 0 Å². The van der Waals surface area contributed by atoms with E-state index in [1.165, 1.54) is 0 Å². The molecule has 4 amide bonds. The summed E-state index contributed by atoms with van der Waals surface area (Å²) in [5.74, 6) is -0.370. The largest absolute Gasteiger partial charge is 0.368 e. The van der Waals surface area contributed by atoms with E-state index in [1.807, 2.05) is 24.0 Å². The number of anilines is 1. The monoisotopic (exact) mass is 378 g/mol. The highest BCUT2D eigenvalue weighted by molar-refractivity contribution is 6.31. The average Bonchev–Trinajstić information content (AvgIpc) is 2.87. The number of piperazine rings is 1. The number of rotatable bonds is 4. The number of hydrogen-bond acceptors (Lipinski definition) is 4. The summed E-state index contributed by atoms with van der Waals surface area (Å²) in [5, 5.41) is 5.55. The minimum absolute atomic E-state index is 0.00658. The molecule has 0 aliphatic carbocycles. The lowest BCUT2D eigenvalue weighted by atomic mass is 9.96. The maximum atomic E-state index is 12.5. The van der Waals surface area contributed by atoms with E-state index in [2.05, 4.69) is 21.6 Å². The Balaban J connectivity index is 1.51. The smallest absolute Gasteiger partial charge is 0.322 e. The highest BCUT2D eigenvalue weighted by Gasteiger charge is 2.42. The van der Waals surface area contributed by atoms with Crippen molar-refractivity contribution in [3.63, 3.8) is 0 Å². The molecule has 140 valence electrons. The molecular weight excluding hydrogens is 356 g/mol. The van der Waals surface area contributed by atoms with E-state index in [-0.39, 0.29) is 18.2 Å². The second-order valence-electron chi connectivity index (χ2n) is 7.04. The van der Waals surface area contributed by atoms with Crippen molar-refractivity contribution >= 4 is 35.1 Å². The lowest BCUT2D eigenvalue weighted by molar-refractivity contribution is -0.132. The van der Waals surface area contributed by atoms with Crippen LogP contribution in [0.4, 0.5) is 10.5 Å². The van der Waals surface area contributed by atoms with Crippen LogP contribution in [0.15, 0.2) is 18.2 Å². The van der Waals surface area contributed by atoms with Crippen molar-refractivity contribution in [2.24, 2.45) is 0 Å². The molecule has 0 aromatic heterocycles. The van der Waals surface area contributed by atoms with Gasteiger partial charge in [-0.15, -0.1) is 0 Å². The number of nitrogens with one attached hydrogen (secondary N) is 2. The molecular formula is C18H23ClN4O3. The van der Waals surface area contributed by atoms with Crippen molar-refractivity contribution in [3.05, 3.63) is 28.8 Å². The number of halogens is 1. The maximum absolute atomic E-state index is 12.5. The first kappa shape index (κ1) is 18.5. The molecule has 1 aromatic carbocycles. The minimum atomic E-state index is -1.00. The molecule has 1 aromatic rings. The molecule has 0 unspecified atom stereocenters. The molecule has 3 rings (SSSR count). The zero-order valence-corrected chi connectivity index (χ0v) is 15.7. The van der Waals surface area contributed by atoms with E-state index in [9.17, 15) is 14.4 Å². The Morgan fingerprint density at radius 2 is 1.92 bits per heavy atom. The van der Waals surface area contributed by atoms with E-state index < -0.39 is 11.6 Å². The van der Waals surface area contributed by atoms with Crippen LogP contribution in [-0.2, 0) is 9.59 Å². The van der Waals surface area contributed by atoms with Crippen LogP contribution in [-0.4, -0.2) is 54.5 Å². The van der Waals surface area contributed by atoms with Gasteiger partial charge in [0.25, 0.3) is 5.91 Å². The quantitative estimate of drug-likeness (QED) is 0.781. The van der Waals surface area contributed by atoms with Gasteiger partial charge in [-0.3, -0.25) is 14.9 Å². The van der Waals surface area contributed by atoms with Crippen LogP contribution in [0.2, 0.25) is 5.02 Å². The predicted octanol–water partition coefficient (Wildman–Crippen LogP) is 1.68. The lowest BCUT2D eigenvalue weighted by Crippen LogP contribution is -2.50. The molecule has 2 heterocycles. The average molecular weight is 379 g/mol. The van der Waals surface area contributed by atoms with Gasteiger partial charge in [-0.2, -0.15) is 0 Å². The van der Waals surface area contributed by atoms with Gasteiger partial charge in [-0.05, 0) is 44.0 Å². The third-order valence-corrected chi connectivity index (χ3v) is 5.52. The van der Waals surface area contributed by atoms with Gasteiger partial charge >= 0.3 is 6.03 Å². The number of carbonyl (C=O) groups excluding carboxylic acids is 3. The first-order valence-electron chi connectivity index (χ1n) is 8.71. The number of benzene rings is 1. The van der Waals surface area contributed by atoms with Crippen molar-refractivity contribution < 1.29 is 14.4 Å². The van der Waals surface area contributed by atoms with Crippen molar-refractivity contribution in [1.29, 1.82) is 0 Å². The number of nitrogens with zero attached hydrogens (tertiary/aromatic N) is 2. The van der Waals surface area contributed by atoms with Crippen LogP contribution in [0, 0.1) is 6.92 Å². The molecule has 2 N–H and O–H groups in total. The second kappa shape index (κ2) is 7.15. The number of imide groups is 1. The summed E-state index contributed by atoms with van der Waals surface area (Å²) in [6, 6.07) is 5.44. The number of urea groups is 1. The van der Waals surface area contributed by atoms with Gasteiger partial charge in [-0.25, -0.2) is 4.79 Å². The van der Waals surface area contributed by atoms with E-state index in [0.29, 0.717) is 19.5 Å². The number of hydrogen-bond donors (Lipinski definition) is 2. The molecule has 2 aliphatic rings. The van der Waals surface area contributed by atoms with Crippen LogP contribution in [0.5, 0.6) is 0 Å². The fourth-order valence-corrected chi connectivity index (χ4v) is 3.43. The van der Waals surface area contributed by atoms with Gasteiger partial charge in [0.15, 0.2) is 0 Å². The first-order chi connectivity index (χ1) is 12.3. The molecule has 1 atom stereocenters. The molecule has 0 radical (unpaired) electrons. The van der Waals surface area contributed by atoms with Gasteiger partial charge in [0.2, 0.25) is 5.91 Å². The Bertz CT molecular complexity index is 746. The molecule has 0 bridgehead atoms. The third kappa shape index (κ3) is 3.77. The highest BCUT2D eigenvalue weighted by Crippen LogP contribution is 2.24. The summed E-state index contributed by atoms with van der Waals surface area (Å²) < 4.78 is 0. The van der Waals surface area contributed by atoms with Crippen molar-refractivity contribution in [3.8, 4) is 0 Å². The summed E-state index contributed by atoms with van der Waals surface area (Å²) in [6.45, 7) is 6.39. The van der Waals surface area contributed by atoms with Crippen LogP contribution in [0.25, 0.3) is 0 Å². The van der Waals surface area contributed by atoms with Crippen molar-refractivity contribution in [2.45, 2.75) is 32.2 Å². The molecule has 2 fully saturated rings. The topological polar surface area (TPSA) is 81.8 Å². The number of amides is 4. The number of carbonyl (C=O) groups is 3. The molecule has 2 saturated heterocycles. The van der Waals surface area contributed by atoms with E-state index in [4.69, 9.17) is 11.6 Å². The lowest BCUT2D eigenvalue weighted by Gasteiger charge is -2.36. The van der Waals surface area contributed by atoms with Gasteiger partial charge in [0, 0.05) is 43.3 Å². The zero-order chi connectivity index (χ0) is 18.9. The Hall–Kier alpha value is -2.28. The van der Waals surface area contributed by atoms with E-state index >= 15 is 0 Å². The summed E-state index contributed by atoms with van der Waals surface area (Å²) in [6.07, 6.45) is 0.518. The normalized spacial score (nSPS) is 23.0. The molecule has 8 heteroatoms. The molecule has 0 spiro atoms. The molecule has 7 nitrogen and oxygen atoms in total. The van der Waals surface area contributed by atoms with Crippen LogP contribution < -0.4 is 15.5 Å². The predicted molar refractivity (Wildman–Crippen MR) is 99.3 cm³/mol. The summed E-state index contributed by atoms with van der Waals surface area (Å²) >= 11 is 6.08. The van der Waals surface area contributed by atoms with Crippen molar-refractivity contribution in [2.75, 3.05) is 31.1 Å². The Morgan fingerprint density at radius 3 is 2.50 bits per heavy atom. The molecule has 2 aliphatic heterocycles. The summed E-state index contributed by atoms with van der Waals surface area (Å²) in [5.41, 5.74) is 1.14. The second-order valence-corrected chi connectivity index (χ2v) is 7.45. The standard InChI is InChI=1S/C18H23ClN4O3/c1-12-11-13(3-4-14(12)19)22-7-9-23(10-8-22)15(24)5-6-18(2)16(25)20-17(26)21-18/h3-4,11H,5-10H2,1-2H3,(H2,20,21,25,26)/t18-/m1/s1. The fourth-order valence-electron chi connectivity index (χ4n) is 3.31. The minimum Gasteiger partial charge on any atom is -0.368 e. The Morgan fingerprint density at radius 1 is 1.23 bits per heavy atom. The van der Waals surface area contributed by atoms with Crippen molar-refractivity contribution in [1.82, 2.24) is 15.5 Å². The number of aryl methyl sites for hydroxylation is 1. The van der Waals surface area contributed by atoms with Crippen LogP contribution in [0.1, 0.15) is 25.3 Å². The summed E-state index contributed by atoms with van der Waals surface area (Å²) in [4.78, 5) is 39.6. The maximum Gasteiger partial charge on any atom is 0.322 e. The van der Waals surface area contributed by atoms with Gasteiger partial charge in [0.05, 0.1) is 0 Å². The van der Waals surface area contributed by atoms with Gasteiger partial charge in [0.1, 0.15) is 5.54 Å². The van der Waals surface area contributed by atoms with E-state index in [0.717, 1.165) is 29.4 Å². The Labute approximate surface area is 157 Å².